The van der Waals surface area contributed by atoms with Crippen LogP contribution in [0.25, 0.3) is 6.08 Å². The topological polar surface area (TPSA) is 72.5 Å². The van der Waals surface area contributed by atoms with Gasteiger partial charge in [-0.3, -0.25) is 4.79 Å². The highest BCUT2D eigenvalue weighted by molar-refractivity contribution is 9.10. The van der Waals surface area contributed by atoms with Crippen LogP contribution in [-0.2, 0) is 14.9 Å². The van der Waals surface area contributed by atoms with Crippen molar-refractivity contribution in [1.29, 1.82) is 0 Å². The average molecular weight is 535 g/mol. The molecular weight excluding hydrogens is 526 g/mol. The van der Waals surface area contributed by atoms with Crippen LogP contribution in [0.2, 0.25) is 0 Å². The second-order valence-corrected chi connectivity index (χ2v) is 10.1. The highest BCUT2D eigenvalue weighted by Crippen LogP contribution is 2.32. The fourth-order valence-corrected chi connectivity index (χ4v) is 4.67. The quantitative estimate of drug-likeness (QED) is 0.354. The van der Waals surface area contributed by atoms with Crippen LogP contribution in [-0.4, -0.2) is 18.6 Å². The van der Waals surface area contributed by atoms with Gasteiger partial charge in [-0.05, 0) is 48.5 Å². The third kappa shape index (κ3) is 4.55. The van der Waals surface area contributed by atoms with Crippen LogP contribution in [0.4, 0.5) is 0 Å². The number of hydrogen-bond acceptors (Lipinski definition) is 6. The van der Waals surface area contributed by atoms with E-state index in [1.807, 2.05) is 0 Å². The van der Waals surface area contributed by atoms with Crippen LogP contribution < -0.4 is 9.50 Å². The van der Waals surface area contributed by atoms with E-state index in [4.69, 9.17) is 16.4 Å². The number of hydrogen-bond donors (Lipinski definition) is 1. The lowest BCUT2D eigenvalue weighted by molar-refractivity contribution is -0.115. The van der Waals surface area contributed by atoms with Crippen LogP contribution in [0.1, 0.15) is 5.56 Å². The van der Waals surface area contributed by atoms with E-state index in [9.17, 15) is 13.2 Å². The van der Waals surface area contributed by atoms with Crippen molar-refractivity contribution in [3.8, 4) is 5.75 Å². The second kappa shape index (κ2) is 7.81. The predicted octanol–water partition coefficient (Wildman–Crippen LogP) is 4.47. The lowest BCUT2D eigenvalue weighted by Gasteiger charge is -2.10. The third-order valence-corrected chi connectivity index (χ3v) is 6.64. The minimum atomic E-state index is -4.02. The molecular formula is C16H9Br2NO4S3. The molecule has 1 N–H and O–H groups in total. The van der Waals surface area contributed by atoms with Crippen LogP contribution in [0, 0.1) is 0 Å². The molecule has 1 saturated heterocycles. The summed E-state index contributed by atoms with van der Waals surface area (Å²) in [5.41, 5.74) is 0.433. The Bertz CT molecular complexity index is 1030. The number of carbonyl (C=O) groups is 1. The largest absolute Gasteiger partial charge is 0.378 e. The molecule has 2 aromatic carbocycles. The van der Waals surface area contributed by atoms with E-state index in [0.29, 0.717) is 19.3 Å². The zero-order valence-corrected chi connectivity index (χ0v) is 18.4. The molecule has 1 aliphatic heterocycles. The molecule has 0 spiro atoms. The molecule has 0 saturated carbocycles. The summed E-state index contributed by atoms with van der Waals surface area (Å²) in [6.45, 7) is 0. The third-order valence-electron chi connectivity index (χ3n) is 3.20. The number of benzene rings is 2. The van der Waals surface area contributed by atoms with Crippen molar-refractivity contribution < 1.29 is 17.4 Å². The summed E-state index contributed by atoms with van der Waals surface area (Å²) in [6, 6.07) is 10.9. The van der Waals surface area contributed by atoms with Crippen LogP contribution >= 0.6 is 55.8 Å². The molecule has 2 aromatic rings. The van der Waals surface area contributed by atoms with Gasteiger partial charge in [0.1, 0.15) is 15.0 Å². The van der Waals surface area contributed by atoms with Gasteiger partial charge in [-0.25, -0.2) is 0 Å². The Morgan fingerprint density at radius 3 is 2.35 bits per heavy atom. The zero-order chi connectivity index (χ0) is 18.9. The lowest BCUT2D eigenvalue weighted by Crippen LogP contribution is -2.17. The summed E-state index contributed by atoms with van der Waals surface area (Å²) in [5.74, 6) is -0.225. The highest BCUT2D eigenvalue weighted by Gasteiger charge is 2.24. The molecule has 26 heavy (non-hydrogen) atoms. The maximum absolute atomic E-state index is 12.5. The van der Waals surface area contributed by atoms with Crippen molar-refractivity contribution in [2.75, 3.05) is 0 Å². The molecule has 0 aromatic heterocycles. The smallest absolute Gasteiger partial charge is 0.339 e. The summed E-state index contributed by atoms with van der Waals surface area (Å²) in [6.07, 6.45) is 1.54. The van der Waals surface area contributed by atoms with Gasteiger partial charge >= 0.3 is 10.1 Å². The highest BCUT2D eigenvalue weighted by atomic mass is 79.9. The Morgan fingerprint density at radius 1 is 1.08 bits per heavy atom. The van der Waals surface area contributed by atoms with Gasteiger partial charge in [-0.15, -0.1) is 0 Å². The van der Waals surface area contributed by atoms with Crippen molar-refractivity contribution in [1.82, 2.24) is 5.32 Å². The molecule has 10 heteroatoms. The molecule has 134 valence electrons. The van der Waals surface area contributed by atoms with Gasteiger partial charge < -0.3 is 9.50 Å². The summed E-state index contributed by atoms with van der Waals surface area (Å²) in [7, 11) is -4.02. The van der Waals surface area contributed by atoms with Gasteiger partial charge in [0, 0.05) is 14.5 Å². The van der Waals surface area contributed by atoms with E-state index in [1.54, 1.807) is 24.3 Å². The van der Waals surface area contributed by atoms with Gasteiger partial charge in [0.25, 0.3) is 5.91 Å². The Labute approximate surface area is 176 Å². The first-order chi connectivity index (χ1) is 12.2. The number of nitrogens with one attached hydrogen (secondary N) is 1. The Morgan fingerprint density at radius 2 is 1.73 bits per heavy atom. The van der Waals surface area contributed by atoms with E-state index >= 15 is 0 Å². The second-order valence-electron chi connectivity index (χ2n) is 5.03. The number of thiocarbonyl (C=S) groups is 1. The predicted molar refractivity (Wildman–Crippen MR) is 112 cm³/mol. The molecule has 0 aliphatic carbocycles. The Balaban J connectivity index is 1.98. The normalized spacial score (nSPS) is 16.0. The Hall–Kier alpha value is -1.20. The summed E-state index contributed by atoms with van der Waals surface area (Å²) in [4.78, 5) is 12.2. The van der Waals surface area contributed by atoms with Crippen molar-refractivity contribution >= 4 is 82.3 Å². The molecule has 0 bridgehead atoms. The van der Waals surface area contributed by atoms with E-state index in [0.717, 1.165) is 16.2 Å². The minimum absolute atomic E-state index is 0.0244. The first kappa shape index (κ1) is 19.6. The monoisotopic (exact) mass is 533 g/mol. The van der Waals surface area contributed by atoms with Crippen molar-refractivity contribution in [3.63, 3.8) is 0 Å². The molecule has 0 unspecified atom stereocenters. The summed E-state index contributed by atoms with van der Waals surface area (Å²) >= 11 is 12.7. The molecule has 1 aliphatic rings. The minimum Gasteiger partial charge on any atom is -0.378 e. The first-order valence-electron chi connectivity index (χ1n) is 6.99. The first-order valence-corrected chi connectivity index (χ1v) is 11.2. The van der Waals surface area contributed by atoms with Gasteiger partial charge in [-0.2, -0.15) is 8.42 Å². The van der Waals surface area contributed by atoms with E-state index in [1.165, 1.54) is 24.3 Å². The summed E-state index contributed by atoms with van der Waals surface area (Å²) in [5, 5.41) is 2.51. The molecule has 5 nitrogen and oxygen atoms in total. The van der Waals surface area contributed by atoms with Crippen LogP contribution in [0.15, 0.2) is 61.2 Å². The van der Waals surface area contributed by atoms with E-state index in [-0.39, 0.29) is 16.6 Å². The van der Waals surface area contributed by atoms with Gasteiger partial charge in [-0.1, -0.05) is 55.8 Å². The number of thioether (sulfide) groups is 1. The van der Waals surface area contributed by atoms with Gasteiger partial charge in [0.2, 0.25) is 0 Å². The maximum Gasteiger partial charge on any atom is 0.339 e. The molecule has 0 atom stereocenters. The number of rotatable bonds is 4. The number of amides is 1. The van der Waals surface area contributed by atoms with Crippen LogP contribution in [0.3, 0.4) is 0 Å². The number of halogens is 2. The fourth-order valence-electron chi connectivity index (χ4n) is 2.04. The zero-order valence-electron chi connectivity index (χ0n) is 12.7. The molecule has 1 amide bonds. The average Bonchev–Trinajstić information content (AvgIpc) is 2.88. The van der Waals surface area contributed by atoms with Gasteiger partial charge in [0.05, 0.1) is 4.91 Å². The molecule has 3 rings (SSSR count). The van der Waals surface area contributed by atoms with Crippen molar-refractivity contribution in [2.45, 2.75) is 4.90 Å². The lowest BCUT2D eigenvalue weighted by atomic mass is 10.2. The van der Waals surface area contributed by atoms with E-state index in [2.05, 4.69) is 37.2 Å². The summed E-state index contributed by atoms with van der Waals surface area (Å²) < 4.78 is 32.2. The fraction of sp³-hybridized carbons (Fsp3) is 0. The number of carbonyl (C=O) groups excluding carboxylic acids is 1. The Kier molecular flexibility index (Phi) is 5.88. The van der Waals surface area contributed by atoms with E-state index < -0.39 is 10.1 Å². The molecule has 1 heterocycles. The van der Waals surface area contributed by atoms with Gasteiger partial charge in [0.15, 0.2) is 0 Å². The standard InChI is InChI=1S/C16H9Br2NO4S3/c17-10-1-4-12(5-2-10)26(21,22)23-13-6-3-11(18)7-9(13)8-14-15(20)19-16(24)25-14/h1-8H,(H,19,20,24). The van der Waals surface area contributed by atoms with Crippen molar-refractivity contribution in [3.05, 3.63) is 61.9 Å². The molecule has 0 radical (unpaired) electrons. The van der Waals surface area contributed by atoms with Crippen LogP contribution in [0.5, 0.6) is 5.75 Å². The van der Waals surface area contributed by atoms with Crippen molar-refractivity contribution in [2.24, 2.45) is 0 Å². The molecule has 1 fully saturated rings. The maximum atomic E-state index is 12.5. The SMILES string of the molecule is O=C1NC(=S)SC1=Cc1cc(Br)ccc1OS(=O)(=O)c1ccc(Br)cc1.